The first-order valence-electron chi connectivity index (χ1n) is 13.5. The Morgan fingerprint density at radius 1 is 1.08 bits per heavy atom. The number of anilines is 2. The average molecular weight is 515 g/mol. The highest BCUT2D eigenvalue weighted by Gasteiger charge is 2.47. The smallest absolute Gasteiger partial charge is 0.254 e. The third-order valence-electron chi connectivity index (χ3n) is 8.26. The van der Waals surface area contributed by atoms with Crippen LogP contribution in [0.5, 0.6) is 0 Å². The fourth-order valence-corrected chi connectivity index (χ4v) is 6.19. The van der Waals surface area contributed by atoms with Gasteiger partial charge in [-0.2, -0.15) is 4.73 Å². The minimum absolute atomic E-state index is 0.128. The van der Waals surface area contributed by atoms with Gasteiger partial charge in [-0.05, 0) is 81.9 Å². The van der Waals surface area contributed by atoms with Crippen molar-refractivity contribution in [1.29, 1.82) is 0 Å². The third kappa shape index (κ3) is 4.53. The van der Waals surface area contributed by atoms with E-state index in [-0.39, 0.29) is 5.91 Å². The maximum atomic E-state index is 12.8. The summed E-state index contributed by atoms with van der Waals surface area (Å²) in [6.45, 7) is 4.11. The molecule has 1 amide bonds. The maximum Gasteiger partial charge on any atom is 0.254 e. The van der Waals surface area contributed by atoms with E-state index in [4.69, 9.17) is 0 Å². The molecule has 38 heavy (non-hydrogen) atoms. The molecule has 0 aromatic carbocycles. The zero-order valence-electron chi connectivity index (χ0n) is 21.9. The van der Waals surface area contributed by atoms with Crippen molar-refractivity contribution in [2.24, 2.45) is 4.99 Å². The van der Waals surface area contributed by atoms with Crippen molar-refractivity contribution in [3.05, 3.63) is 64.7 Å². The number of nitrogens with zero attached hydrogens (tertiary/aromatic N) is 6. The van der Waals surface area contributed by atoms with Crippen molar-refractivity contribution in [3.8, 4) is 0 Å². The van der Waals surface area contributed by atoms with Crippen LogP contribution in [0.15, 0.2) is 41.8 Å². The van der Waals surface area contributed by atoms with Gasteiger partial charge in [0, 0.05) is 12.3 Å². The highest BCUT2D eigenvalue weighted by molar-refractivity contribution is 6.00. The van der Waals surface area contributed by atoms with Crippen molar-refractivity contribution in [3.63, 3.8) is 0 Å². The first-order chi connectivity index (χ1) is 18.4. The molecule has 10 nitrogen and oxygen atoms in total. The molecule has 1 spiro atoms. The molecule has 0 unspecified atom stereocenters. The summed E-state index contributed by atoms with van der Waals surface area (Å²) in [6.07, 6.45) is 10.4. The number of fused-ring (bicyclic) bond motifs is 2. The third-order valence-corrected chi connectivity index (χ3v) is 8.26. The second kappa shape index (κ2) is 9.83. The Hall–Kier alpha value is -3.79. The molecule has 2 fully saturated rings. The number of aryl methyl sites for hydroxylation is 1. The monoisotopic (exact) mass is 514 g/mol. The number of amides is 1. The summed E-state index contributed by atoms with van der Waals surface area (Å²) in [5, 5.41) is 17.6. The van der Waals surface area contributed by atoms with Gasteiger partial charge in [0.05, 0.1) is 16.8 Å². The standard InChI is InChI=1S/C28H34N8O2/c1-18-14-24(36(38)26-25(18)27(37)34-28(26)10-4-3-5-11-28)33-23-15-22(30-17-31-23)32-21-7-6-20(16-29-21)19-8-12-35(2)13-9-19/h6-7,14-17,19,38H,3-5,8-13H2,1-2H3,(H,34,37)(H,29,30,31,32). The van der Waals surface area contributed by atoms with Crippen LogP contribution in [0.25, 0.3) is 0 Å². The predicted octanol–water partition coefficient (Wildman–Crippen LogP) is 3.91. The molecule has 6 rings (SSSR count). The van der Waals surface area contributed by atoms with Crippen molar-refractivity contribution in [1.82, 2.24) is 29.9 Å². The molecule has 3 N–H and O–H groups in total. The number of carbonyl (C=O) groups is 1. The molecule has 0 bridgehead atoms. The molecule has 1 aliphatic carbocycles. The van der Waals surface area contributed by atoms with Gasteiger partial charge in [0.2, 0.25) is 0 Å². The molecule has 2 aliphatic heterocycles. The summed E-state index contributed by atoms with van der Waals surface area (Å²) in [7, 11) is 2.17. The number of hydrogen-bond acceptors (Lipinski definition) is 8. The molecule has 3 aliphatic rings. The van der Waals surface area contributed by atoms with Gasteiger partial charge in [0.1, 0.15) is 18.0 Å². The average Bonchev–Trinajstić information content (AvgIpc) is 3.20. The number of pyridine rings is 2. The second-order valence-corrected chi connectivity index (χ2v) is 10.9. The Morgan fingerprint density at radius 2 is 1.87 bits per heavy atom. The molecule has 10 heteroatoms. The van der Waals surface area contributed by atoms with E-state index in [0.29, 0.717) is 40.1 Å². The zero-order valence-corrected chi connectivity index (χ0v) is 21.9. The van der Waals surface area contributed by atoms with Crippen LogP contribution in [0, 0.1) is 6.92 Å². The van der Waals surface area contributed by atoms with E-state index in [9.17, 15) is 10.0 Å². The molecule has 0 radical (unpaired) electrons. The van der Waals surface area contributed by atoms with E-state index >= 15 is 0 Å². The van der Waals surface area contributed by atoms with E-state index in [1.807, 2.05) is 19.2 Å². The summed E-state index contributed by atoms with van der Waals surface area (Å²) >= 11 is 0. The maximum absolute atomic E-state index is 12.8. The van der Waals surface area contributed by atoms with Gasteiger partial charge in [-0.25, -0.2) is 19.9 Å². The molecule has 5 heterocycles. The number of rotatable bonds is 4. The minimum Gasteiger partial charge on any atom is -0.427 e. The van der Waals surface area contributed by atoms with Crippen LogP contribution in [0.1, 0.15) is 78.0 Å². The summed E-state index contributed by atoms with van der Waals surface area (Å²) in [4.78, 5) is 33.0. The van der Waals surface area contributed by atoms with Crippen LogP contribution < -0.4 is 16.1 Å². The van der Waals surface area contributed by atoms with Crippen molar-refractivity contribution in [2.45, 2.75) is 63.3 Å². The largest absolute Gasteiger partial charge is 0.427 e. The van der Waals surface area contributed by atoms with Gasteiger partial charge in [0.15, 0.2) is 11.3 Å². The van der Waals surface area contributed by atoms with Crippen LogP contribution in [-0.2, 0) is 5.54 Å². The summed E-state index contributed by atoms with van der Waals surface area (Å²) < 4.78 is 1.07. The van der Waals surface area contributed by atoms with E-state index < -0.39 is 5.54 Å². The predicted molar refractivity (Wildman–Crippen MR) is 143 cm³/mol. The number of piperidine rings is 1. The number of carbonyl (C=O) groups excluding carboxylic acids is 1. The van der Waals surface area contributed by atoms with Crippen LogP contribution in [0.3, 0.4) is 0 Å². The second-order valence-electron chi connectivity index (χ2n) is 10.9. The Kier molecular flexibility index (Phi) is 6.35. The van der Waals surface area contributed by atoms with Gasteiger partial charge in [-0.3, -0.25) is 4.79 Å². The van der Waals surface area contributed by atoms with E-state index in [1.165, 1.54) is 11.9 Å². The molecule has 1 saturated carbocycles. The first kappa shape index (κ1) is 24.5. The zero-order chi connectivity index (χ0) is 26.3. The SMILES string of the molecule is Cc1cc(=Nc2cc(Nc3ccc(C4CCN(C)CC4)cn3)ncn2)n(O)c2c1C(=O)NC21CCCCC1. The van der Waals surface area contributed by atoms with E-state index in [0.717, 1.165) is 68.3 Å². The Labute approximate surface area is 221 Å². The fourth-order valence-electron chi connectivity index (χ4n) is 6.19. The number of likely N-dealkylation sites (tertiary alicyclic amines) is 1. The minimum atomic E-state index is -0.542. The number of aromatic nitrogens is 4. The Bertz CT molecular complexity index is 1420. The molecule has 0 atom stereocenters. The van der Waals surface area contributed by atoms with Crippen LogP contribution in [-0.4, -0.2) is 55.8 Å². The van der Waals surface area contributed by atoms with E-state index in [2.05, 4.69) is 48.6 Å². The fraction of sp³-hybridized carbons (Fsp3) is 0.464. The van der Waals surface area contributed by atoms with Gasteiger partial charge in [0.25, 0.3) is 5.91 Å². The van der Waals surface area contributed by atoms with Crippen molar-refractivity contribution in [2.75, 3.05) is 25.5 Å². The topological polar surface area (TPSA) is 121 Å². The lowest BCUT2D eigenvalue weighted by Crippen LogP contribution is -2.43. The van der Waals surface area contributed by atoms with Crippen LogP contribution >= 0.6 is 0 Å². The quantitative estimate of drug-likeness (QED) is 0.452. The molecular formula is C28H34N8O2. The number of hydrogen-bond donors (Lipinski definition) is 3. The molecule has 3 aromatic heterocycles. The molecule has 1 saturated heterocycles. The van der Waals surface area contributed by atoms with Crippen LogP contribution in [0.4, 0.5) is 17.5 Å². The molecule has 3 aromatic rings. The van der Waals surface area contributed by atoms with Crippen molar-refractivity contribution < 1.29 is 10.0 Å². The highest BCUT2D eigenvalue weighted by Crippen LogP contribution is 2.42. The Morgan fingerprint density at radius 3 is 2.61 bits per heavy atom. The van der Waals surface area contributed by atoms with Crippen molar-refractivity contribution >= 4 is 23.4 Å². The summed E-state index contributed by atoms with van der Waals surface area (Å²) in [6, 6.07) is 7.55. The lowest BCUT2D eigenvalue weighted by atomic mass is 9.79. The van der Waals surface area contributed by atoms with E-state index in [1.54, 1.807) is 12.1 Å². The highest BCUT2D eigenvalue weighted by atomic mass is 16.5. The summed E-state index contributed by atoms with van der Waals surface area (Å²) in [5.74, 6) is 2.07. The van der Waals surface area contributed by atoms with Gasteiger partial charge < -0.3 is 20.7 Å². The molecule has 198 valence electrons. The van der Waals surface area contributed by atoms with Gasteiger partial charge in [-0.15, -0.1) is 0 Å². The molecular weight excluding hydrogens is 480 g/mol. The number of nitrogens with one attached hydrogen (secondary N) is 2. The van der Waals surface area contributed by atoms with Gasteiger partial charge >= 0.3 is 0 Å². The first-order valence-corrected chi connectivity index (χ1v) is 13.5. The normalized spacial score (nSPS) is 19.9. The lowest BCUT2D eigenvalue weighted by Gasteiger charge is -2.34. The lowest BCUT2D eigenvalue weighted by molar-refractivity contribution is 0.0892. The Balaban J connectivity index is 1.26. The summed E-state index contributed by atoms with van der Waals surface area (Å²) in [5.41, 5.74) is 3.00. The van der Waals surface area contributed by atoms with Gasteiger partial charge in [-0.1, -0.05) is 25.3 Å². The van der Waals surface area contributed by atoms with Crippen LogP contribution in [0.2, 0.25) is 0 Å².